The maximum absolute atomic E-state index is 13.1. The van der Waals surface area contributed by atoms with Crippen LogP contribution in [0.25, 0.3) is 0 Å². The summed E-state index contributed by atoms with van der Waals surface area (Å²) in [5, 5.41) is 11.8. The topological polar surface area (TPSA) is 107 Å². The van der Waals surface area contributed by atoms with E-state index in [0.29, 0.717) is 51.5 Å². The van der Waals surface area contributed by atoms with E-state index in [9.17, 15) is 23.3 Å². The number of benzene rings is 1. The number of rotatable bonds is 6. The zero-order chi connectivity index (χ0) is 23.6. The van der Waals surface area contributed by atoms with E-state index < -0.39 is 14.9 Å². The van der Waals surface area contributed by atoms with Crippen molar-refractivity contribution in [2.24, 2.45) is 5.92 Å². The van der Waals surface area contributed by atoms with Gasteiger partial charge in [0.05, 0.1) is 16.4 Å². The molecule has 0 aromatic heterocycles. The van der Waals surface area contributed by atoms with Gasteiger partial charge >= 0.3 is 0 Å². The summed E-state index contributed by atoms with van der Waals surface area (Å²) in [5.74, 6) is 0.421. The second-order valence-electron chi connectivity index (χ2n) is 9.37. The molecule has 1 atom stereocenters. The summed E-state index contributed by atoms with van der Waals surface area (Å²) in [6.07, 6.45) is 3.91. The molecule has 182 valence electrons. The summed E-state index contributed by atoms with van der Waals surface area (Å²) in [7, 11) is -3.77. The largest absolute Gasteiger partial charge is 0.363 e. The van der Waals surface area contributed by atoms with Gasteiger partial charge in [-0.3, -0.25) is 19.8 Å². The van der Waals surface area contributed by atoms with Gasteiger partial charge in [-0.2, -0.15) is 4.31 Å². The molecule has 11 heteroatoms. The number of carbonyl (C=O) groups excluding carboxylic acids is 1. The van der Waals surface area contributed by atoms with Crippen molar-refractivity contribution in [3.8, 4) is 0 Å². The average Bonchev–Trinajstić information content (AvgIpc) is 3.34. The highest BCUT2D eigenvalue weighted by atomic mass is 32.2. The third-order valence-corrected chi connectivity index (χ3v) is 8.79. The second kappa shape index (κ2) is 9.94. The predicted octanol–water partition coefficient (Wildman–Crippen LogP) is 1.76. The molecule has 3 saturated heterocycles. The third kappa shape index (κ3) is 5.30. The number of likely N-dealkylation sites (tertiary alicyclic amines) is 1. The maximum Gasteiger partial charge on any atom is 0.293 e. The minimum Gasteiger partial charge on any atom is -0.363 e. The zero-order valence-electron chi connectivity index (χ0n) is 19.2. The van der Waals surface area contributed by atoms with Gasteiger partial charge in [0, 0.05) is 58.4 Å². The Balaban J connectivity index is 1.45. The summed E-state index contributed by atoms with van der Waals surface area (Å²) in [6, 6.07) is 4.25. The molecule has 3 aliphatic rings. The van der Waals surface area contributed by atoms with Crippen LogP contribution in [0.1, 0.15) is 32.6 Å². The average molecular weight is 480 g/mol. The number of piperazine rings is 1. The van der Waals surface area contributed by atoms with E-state index in [4.69, 9.17) is 0 Å². The lowest BCUT2D eigenvalue weighted by Gasteiger charge is -2.36. The number of nitro benzene ring substituents is 1. The number of amides is 1. The van der Waals surface area contributed by atoms with Crippen molar-refractivity contribution in [3.05, 3.63) is 28.3 Å². The van der Waals surface area contributed by atoms with Gasteiger partial charge in [0.1, 0.15) is 5.69 Å². The molecule has 0 N–H and O–H groups in total. The van der Waals surface area contributed by atoms with Crippen molar-refractivity contribution < 1.29 is 18.1 Å². The van der Waals surface area contributed by atoms with Crippen molar-refractivity contribution in [2.45, 2.75) is 37.5 Å². The first-order valence-corrected chi connectivity index (χ1v) is 13.2. The monoisotopic (exact) mass is 479 g/mol. The Morgan fingerprint density at radius 1 is 1.06 bits per heavy atom. The van der Waals surface area contributed by atoms with E-state index in [-0.39, 0.29) is 22.4 Å². The Kier molecular flexibility index (Phi) is 7.20. The highest BCUT2D eigenvalue weighted by Crippen LogP contribution is 2.33. The number of carbonyl (C=O) groups is 1. The van der Waals surface area contributed by atoms with Crippen molar-refractivity contribution in [2.75, 3.05) is 63.8 Å². The lowest BCUT2D eigenvalue weighted by molar-refractivity contribution is -0.384. The van der Waals surface area contributed by atoms with Crippen molar-refractivity contribution in [3.63, 3.8) is 0 Å². The number of anilines is 1. The second-order valence-corrected chi connectivity index (χ2v) is 11.3. The van der Waals surface area contributed by atoms with Crippen LogP contribution >= 0.6 is 0 Å². The van der Waals surface area contributed by atoms with Gasteiger partial charge < -0.3 is 9.80 Å². The predicted molar refractivity (Wildman–Crippen MR) is 125 cm³/mol. The van der Waals surface area contributed by atoms with Crippen molar-refractivity contribution in [1.29, 1.82) is 0 Å². The highest BCUT2D eigenvalue weighted by Gasteiger charge is 2.32. The minimum atomic E-state index is -3.77. The van der Waals surface area contributed by atoms with Crippen LogP contribution in [0.15, 0.2) is 23.1 Å². The Hall–Kier alpha value is -2.24. The summed E-state index contributed by atoms with van der Waals surface area (Å²) in [4.78, 5) is 29.6. The summed E-state index contributed by atoms with van der Waals surface area (Å²) >= 11 is 0. The molecular formula is C22H33N5O5S. The summed E-state index contributed by atoms with van der Waals surface area (Å²) in [6.45, 7) is 7.29. The van der Waals surface area contributed by atoms with E-state index in [1.54, 1.807) is 6.07 Å². The molecule has 0 aliphatic carbocycles. The number of hydrogen-bond donors (Lipinski definition) is 0. The molecule has 4 rings (SSSR count). The highest BCUT2D eigenvalue weighted by molar-refractivity contribution is 7.89. The molecule has 3 fully saturated rings. The van der Waals surface area contributed by atoms with Gasteiger partial charge in [-0.1, -0.05) is 6.92 Å². The molecule has 0 unspecified atom stereocenters. The number of piperidine rings is 1. The first-order valence-electron chi connectivity index (χ1n) is 11.8. The molecular weight excluding hydrogens is 446 g/mol. The van der Waals surface area contributed by atoms with Crippen molar-refractivity contribution in [1.82, 2.24) is 14.1 Å². The number of nitro groups is 1. The van der Waals surface area contributed by atoms with Crippen LogP contribution in [0.4, 0.5) is 11.4 Å². The van der Waals surface area contributed by atoms with E-state index >= 15 is 0 Å². The van der Waals surface area contributed by atoms with Crippen LogP contribution in [0.2, 0.25) is 0 Å². The number of sulfonamides is 1. The zero-order valence-corrected chi connectivity index (χ0v) is 20.0. The number of hydrogen-bond acceptors (Lipinski definition) is 7. The smallest absolute Gasteiger partial charge is 0.293 e. The fourth-order valence-corrected chi connectivity index (χ4v) is 6.61. The summed E-state index contributed by atoms with van der Waals surface area (Å²) < 4.78 is 27.6. The fourth-order valence-electron chi connectivity index (χ4n) is 5.00. The first kappa shape index (κ1) is 23.9. The molecule has 1 amide bonds. The Labute approximate surface area is 195 Å². The molecule has 33 heavy (non-hydrogen) atoms. The van der Waals surface area contributed by atoms with Gasteiger partial charge in [-0.05, 0) is 43.7 Å². The minimum absolute atomic E-state index is 0.0260. The lowest BCUT2D eigenvalue weighted by Crippen LogP contribution is -2.50. The van der Waals surface area contributed by atoms with Crippen LogP contribution in [0.3, 0.4) is 0 Å². The molecule has 0 radical (unpaired) electrons. The van der Waals surface area contributed by atoms with Gasteiger partial charge in [-0.15, -0.1) is 0 Å². The van der Waals surface area contributed by atoms with Crippen molar-refractivity contribution >= 4 is 27.3 Å². The van der Waals surface area contributed by atoms with Gasteiger partial charge in [0.25, 0.3) is 5.69 Å². The van der Waals surface area contributed by atoms with E-state index in [2.05, 4.69) is 4.90 Å². The molecule has 0 bridgehead atoms. The number of nitrogens with zero attached hydrogens (tertiary/aromatic N) is 5. The van der Waals surface area contributed by atoms with E-state index in [1.807, 2.05) is 16.7 Å². The third-order valence-electron chi connectivity index (χ3n) is 6.93. The summed E-state index contributed by atoms with van der Waals surface area (Å²) in [5.41, 5.74) is 0.235. The van der Waals surface area contributed by atoms with E-state index in [1.165, 1.54) is 16.4 Å². The molecule has 0 spiro atoms. The van der Waals surface area contributed by atoms with Crippen LogP contribution in [0.5, 0.6) is 0 Å². The quantitative estimate of drug-likeness (QED) is 0.452. The van der Waals surface area contributed by atoms with E-state index in [0.717, 1.165) is 38.8 Å². The molecule has 0 saturated carbocycles. The SMILES string of the molecule is C[C@@H]1CCCN(S(=O)(=O)c2ccc(N3CCN(CC(=O)N4CCCC4)CC3)c([N+](=O)[O-])c2)C1. The first-order chi connectivity index (χ1) is 15.8. The van der Waals surface area contributed by atoms with Crippen LogP contribution in [-0.4, -0.2) is 92.3 Å². The molecule has 3 aliphatic heterocycles. The maximum atomic E-state index is 13.1. The Bertz CT molecular complexity index is 987. The van der Waals surface area contributed by atoms with Gasteiger partial charge in [-0.25, -0.2) is 8.42 Å². The van der Waals surface area contributed by atoms with Crippen LogP contribution in [-0.2, 0) is 14.8 Å². The van der Waals surface area contributed by atoms with Crippen LogP contribution < -0.4 is 4.90 Å². The Morgan fingerprint density at radius 2 is 1.76 bits per heavy atom. The molecule has 1 aromatic carbocycles. The van der Waals surface area contributed by atoms with Gasteiger partial charge in [0.2, 0.25) is 15.9 Å². The van der Waals surface area contributed by atoms with Gasteiger partial charge in [0.15, 0.2) is 0 Å². The Morgan fingerprint density at radius 3 is 2.39 bits per heavy atom. The lowest BCUT2D eigenvalue weighted by atomic mass is 10.0. The molecule has 1 aromatic rings. The van der Waals surface area contributed by atoms with Crippen LogP contribution in [0, 0.1) is 16.0 Å². The molecule has 3 heterocycles. The standard InChI is InChI=1S/C22H33N5O5S/c1-18-5-4-10-26(16-18)33(31,32)19-6-7-20(21(15-19)27(29)30)24-13-11-23(12-14-24)17-22(28)25-8-2-3-9-25/h6-7,15,18H,2-5,8-14,16-17H2,1H3/t18-/m1/s1. The molecule has 10 nitrogen and oxygen atoms in total. The fraction of sp³-hybridized carbons (Fsp3) is 0.682. The normalized spacial score (nSPS) is 23.1.